The van der Waals surface area contributed by atoms with Gasteiger partial charge in [-0.3, -0.25) is 4.90 Å². The van der Waals surface area contributed by atoms with Gasteiger partial charge < -0.3 is 4.74 Å². The molecule has 31 heavy (non-hydrogen) atoms. The first-order valence-corrected chi connectivity index (χ1v) is 12.0. The average molecular weight is 418 g/mol. The summed E-state index contributed by atoms with van der Waals surface area (Å²) in [5.41, 5.74) is 7.43. The van der Waals surface area contributed by atoms with E-state index in [1.54, 1.807) is 0 Å². The van der Waals surface area contributed by atoms with Crippen LogP contribution in [0.5, 0.6) is 5.75 Å². The number of ether oxygens (including phenoxy) is 1. The van der Waals surface area contributed by atoms with E-state index in [4.69, 9.17) is 4.74 Å². The Balaban J connectivity index is 1.45. The molecule has 1 fully saturated rings. The Morgan fingerprint density at radius 2 is 1.55 bits per heavy atom. The van der Waals surface area contributed by atoms with E-state index in [1.807, 2.05) is 0 Å². The van der Waals surface area contributed by atoms with Crippen molar-refractivity contribution in [2.45, 2.75) is 71.1 Å². The molecule has 2 aromatic rings. The van der Waals surface area contributed by atoms with E-state index < -0.39 is 0 Å². The summed E-state index contributed by atoms with van der Waals surface area (Å²) >= 11 is 0. The number of hydrogen-bond donors (Lipinski definition) is 0. The summed E-state index contributed by atoms with van der Waals surface area (Å²) in [7, 11) is 0. The van der Waals surface area contributed by atoms with Gasteiger partial charge in [0.15, 0.2) is 0 Å². The number of fused-ring (bicyclic) bond motifs is 1. The first kappa shape index (κ1) is 22.1. The number of nitrogens with zero attached hydrogens (tertiary/aromatic N) is 1. The Morgan fingerprint density at radius 3 is 2.23 bits per heavy atom. The van der Waals surface area contributed by atoms with Crippen LogP contribution in [-0.2, 0) is 10.8 Å². The van der Waals surface area contributed by atoms with Crippen molar-refractivity contribution in [3.8, 4) is 5.75 Å². The SMILES string of the molecule is C/C(=C\c1ccc(OCCN2CCCC2)cc1)c1ccc2c(c1)C(C)(C)CCC2(C)C. The third kappa shape index (κ3) is 5.06. The molecule has 1 aliphatic heterocycles. The summed E-state index contributed by atoms with van der Waals surface area (Å²) in [6.45, 7) is 16.0. The zero-order chi connectivity index (χ0) is 22.1. The molecule has 0 saturated carbocycles. The molecule has 2 aliphatic rings. The van der Waals surface area contributed by atoms with Crippen molar-refractivity contribution in [3.05, 3.63) is 64.7 Å². The molecule has 4 rings (SSSR count). The van der Waals surface area contributed by atoms with Crippen molar-refractivity contribution in [2.24, 2.45) is 0 Å². The van der Waals surface area contributed by atoms with E-state index >= 15 is 0 Å². The van der Waals surface area contributed by atoms with Crippen LogP contribution in [0.2, 0.25) is 0 Å². The third-order valence-corrected chi connectivity index (χ3v) is 7.45. The number of benzene rings is 2. The first-order valence-electron chi connectivity index (χ1n) is 12.0. The van der Waals surface area contributed by atoms with Gasteiger partial charge in [0.05, 0.1) is 0 Å². The molecule has 0 atom stereocenters. The molecule has 0 radical (unpaired) electrons. The second-order valence-corrected chi connectivity index (χ2v) is 10.8. The Bertz CT molecular complexity index is 930. The van der Waals surface area contributed by atoms with Crippen LogP contribution in [-0.4, -0.2) is 31.1 Å². The Hall–Kier alpha value is -2.06. The lowest BCUT2D eigenvalue weighted by Gasteiger charge is -2.42. The third-order valence-electron chi connectivity index (χ3n) is 7.45. The fraction of sp³-hybridized carbons (Fsp3) is 0.517. The van der Waals surface area contributed by atoms with Crippen molar-refractivity contribution >= 4 is 11.6 Å². The fourth-order valence-electron chi connectivity index (χ4n) is 5.13. The highest BCUT2D eigenvalue weighted by atomic mass is 16.5. The maximum absolute atomic E-state index is 5.95. The van der Waals surface area contributed by atoms with Crippen LogP contribution >= 0.6 is 0 Å². The van der Waals surface area contributed by atoms with Crippen LogP contribution in [0, 0.1) is 0 Å². The van der Waals surface area contributed by atoms with Gasteiger partial charge in [-0.25, -0.2) is 0 Å². The monoisotopic (exact) mass is 417 g/mol. The predicted molar refractivity (Wildman–Crippen MR) is 133 cm³/mol. The lowest BCUT2D eigenvalue weighted by molar-refractivity contribution is 0.238. The average Bonchev–Trinajstić information content (AvgIpc) is 3.26. The predicted octanol–water partition coefficient (Wildman–Crippen LogP) is 7.07. The van der Waals surface area contributed by atoms with E-state index in [2.05, 4.69) is 88.1 Å². The number of hydrogen-bond acceptors (Lipinski definition) is 2. The molecule has 1 heterocycles. The standard InChI is InChI=1S/C29H39NO/c1-22(24-10-13-26-27(21-24)29(4,5)15-14-28(26,2)3)20-23-8-11-25(12-9-23)31-19-18-30-16-6-7-17-30/h8-13,20-21H,6-7,14-19H2,1-5H3/b22-20+. The molecule has 0 amide bonds. The van der Waals surface area contributed by atoms with Gasteiger partial charge in [-0.15, -0.1) is 0 Å². The molecule has 0 bridgehead atoms. The van der Waals surface area contributed by atoms with Gasteiger partial charge in [0, 0.05) is 6.54 Å². The van der Waals surface area contributed by atoms with Gasteiger partial charge in [0.2, 0.25) is 0 Å². The molecule has 1 saturated heterocycles. The van der Waals surface area contributed by atoms with Crippen molar-refractivity contribution in [1.82, 2.24) is 4.90 Å². The molecule has 0 aromatic heterocycles. The van der Waals surface area contributed by atoms with Crippen LogP contribution in [0.4, 0.5) is 0 Å². The van der Waals surface area contributed by atoms with Crippen molar-refractivity contribution in [2.75, 3.05) is 26.2 Å². The smallest absolute Gasteiger partial charge is 0.119 e. The fourth-order valence-corrected chi connectivity index (χ4v) is 5.13. The van der Waals surface area contributed by atoms with Crippen LogP contribution in [0.1, 0.15) is 82.6 Å². The molecular formula is C29H39NO. The minimum absolute atomic E-state index is 0.245. The highest BCUT2D eigenvalue weighted by Crippen LogP contribution is 2.46. The van der Waals surface area contributed by atoms with Crippen LogP contribution in [0.15, 0.2) is 42.5 Å². The summed E-state index contributed by atoms with van der Waals surface area (Å²) in [5, 5.41) is 0. The maximum Gasteiger partial charge on any atom is 0.119 e. The molecule has 166 valence electrons. The zero-order valence-electron chi connectivity index (χ0n) is 20.1. The van der Waals surface area contributed by atoms with E-state index in [1.165, 1.54) is 66.6 Å². The minimum Gasteiger partial charge on any atom is -0.492 e. The van der Waals surface area contributed by atoms with E-state index in [-0.39, 0.29) is 10.8 Å². The van der Waals surface area contributed by atoms with Crippen LogP contribution < -0.4 is 4.74 Å². The van der Waals surface area contributed by atoms with E-state index in [9.17, 15) is 0 Å². The molecule has 2 heteroatoms. The summed E-state index contributed by atoms with van der Waals surface area (Å²) < 4.78 is 5.95. The molecule has 1 aliphatic carbocycles. The van der Waals surface area contributed by atoms with E-state index in [0.717, 1.165) is 18.9 Å². The van der Waals surface area contributed by atoms with Crippen molar-refractivity contribution in [1.29, 1.82) is 0 Å². The lowest BCUT2D eigenvalue weighted by Crippen LogP contribution is -2.33. The van der Waals surface area contributed by atoms with Gasteiger partial charge in [-0.1, -0.05) is 64.1 Å². The molecule has 0 N–H and O–H groups in total. The van der Waals surface area contributed by atoms with Gasteiger partial charge in [0.25, 0.3) is 0 Å². The zero-order valence-corrected chi connectivity index (χ0v) is 20.1. The molecule has 0 unspecified atom stereocenters. The Labute approximate surface area is 189 Å². The number of rotatable bonds is 6. The summed E-state index contributed by atoms with van der Waals surface area (Å²) in [6.07, 6.45) is 7.46. The lowest BCUT2D eigenvalue weighted by atomic mass is 9.63. The Kier molecular flexibility index (Phi) is 6.30. The topological polar surface area (TPSA) is 12.5 Å². The quantitative estimate of drug-likeness (QED) is 0.466. The van der Waals surface area contributed by atoms with Gasteiger partial charge in [-0.05, 0) is 96.5 Å². The largest absolute Gasteiger partial charge is 0.492 e. The molecule has 2 nitrogen and oxygen atoms in total. The maximum atomic E-state index is 5.95. The normalized spacial score (nSPS) is 20.5. The summed E-state index contributed by atoms with van der Waals surface area (Å²) in [4.78, 5) is 2.49. The summed E-state index contributed by atoms with van der Waals surface area (Å²) in [5.74, 6) is 0.965. The van der Waals surface area contributed by atoms with Gasteiger partial charge >= 0.3 is 0 Å². The Morgan fingerprint density at radius 1 is 0.903 bits per heavy atom. The molecule has 2 aromatic carbocycles. The highest BCUT2D eigenvalue weighted by Gasteiger charge is 2.36. The van der Waals surface area contributed by atoms with Crippen LogP contribution in [0.3, 0.4) is 0 Å². The van der Waals surface area contributed by atoms with Gasteiger partial charge in [0.1, 0.15) is 12.4 Å². The first-order chi connectivity index (χ1) is 14.7. The van der Waals surface area contributed by atoms with Gasteiger partial charge in [-0.2, -0.15) is 0 Å². The van der Waals surface area contributed by atoms with Crippen molar-refractivity contribution < 1.29 is 4.74 Å². The number of likely N-dealkylation sites (tertiary alicyclic amines) is 1. The minimum atomic E-state index is 0.245. The second kappa shape index (κ2) is 8.82. The molecule has 0 spiro atoms. The van der Waals surface area contributed by atoms with E-state index in [0.29, 0.717) is 0 Å². The van der Waals surface area contributed by atoms with Crippen molar-refractivity contribution in [3.63, 3.8) is 0 Å². The summed E-state index contributed by atoms with van der Waals surface area (Å²) in [6, 6.07) is 15.7. The second-order valence-electron chi connectivity index (χ2n) is 10.8. The highest BCUT2D eigenvalue weighted by molar-refractivity contribution is 5.80. The number of allylic oxidation sites excluding steroid dienone is 1. The van der Waals surface area contributed by atoms with Crippen LogP contribution in [0.25, 0.3) is 11.6 Å². The molecular weight excluding hydrogens is 378 g/mol.